The fourth-order valence-corrected chi connectivity index (χ4v) is 3.35. The van der Waals surface area contributed by atoms with E-state index in [0.29, 0.717) is 6.54 Å². The lowest BCUT2D eigenvalue weighted by molar-refractivity contribution is 0.0928. The van der Waals surface area contributed by atoms with Gasteiger partial charge in [-0.2, -0.15) is 0 Å². The predicted molar refractivity (Wildman–Crippen MR) is 93.6 cm³/mol. The molecule has 1 aliphatic heterocycles. The van der Waals surface area contributed by atoms with Gasteiger partial charge in [0.15, 0.2) is 0 Å². The van der Waals surface area contributed by atoms with Crippen LogP contribution in [0, 0.1) is 0 Å². The zero-order chi connectivity index (χ0) is 16.1. The highest BCUT2D eigenvalue weighted by molar-refractivity contribution is 5.94. The van der Waals surface area contributed by atoms with E-state index in [2.05, 4.69) is 47.6 Å². The lowest BCUT2D eigenvalue weighted by atomic mass is 9.72. The molecule has 3 heteroatoms. The summed E-state index contributed by atoms with van der Waals surface area (Å²) in [7, 11) is 2.16. The van der Waals surface area contributed by atoms with Crippen LogP contribution in [0.15, 0.2) is 60.7 Å². The van der Waals surface area contributed by atoms with E-state index in [1.165, 1.54) is 5.56 Å². The average molecular weight is 308 g/mol. The molecule has 2 aromatic carbocycles. The molecule has 0 aromatic heterocycles. The summed E-state index contributed by atoms with van der Waals surface area (Å²) in [6.45, 7) is 2.82. The fourth-order valence-electron chi connectivity index (χ4n) is 3.35. The second kappa shape index (κ2) is 6.97. The molecule has 0 saturated carbocycles. The molecule has 3 rings (SSSR count). The first-order valence-electron chi connectivity index (χ1n) is 8.27. The molecule has 0 bridgehead atoms. The van der Waals surface area contributed by atoms with Gasteiger partial charge in [-0.15, -0.1) is 0 Å². The molecule has 1 aliphatic rings. The molecule has 0 radical (unpaired) electrons. The number of nitrogens with one attached hydrogen (secondary N) is 1. The number of carbonyl (C=O) groups is 1. The SMILES string of the molecule is CN1CCC(CNC(=O)c2ccccc2)(c2ccccc2)CC1. The number of likely N-dealkylation sites (tertiary alicyclic amines) is 1. The molecule has 0 unspecified atom stereocenters. The standard InChI is InChI=1S/C20H24N2O/c1-22-14-12-20(13-15-22,18-10-6-3-7-11-18)16-21-19(23)17-8-4-2-5-9-17/h2-11H,12-16H2,1H3,(H,21,23). The Hall–Kier alpha value is -2.13. The van der Waals surface area contributed by atoms with E-state index < -0.39 is 0 Å². The first kappa shape index (κ1) is 15.8. The van der Waals surface area contributed by atoms with Gasteiger partial charge in [0.1, 0.15) is 0 Å². The van der Waals surface area contributed by atoms with Gasteiger partial charge in [0.05, 0.1) is 0 Å². The van der Waals surface area contributed by atoms with Crippen LogP contribution < -0.4 is 5.32 Å². The zero-order valence-corrected chi connectivity index (χ0v) is 13.7. The molecule has 120 valence electrons. The van der Waals surface area contributed by atoms with E-state index in [1.54, 1.807) is 0 Å². The van der Waals surface area contributed by atoms with Crippen molar-refractivity contribution in [1.29, 1.82) is 0 Å². The molecule has 2 aromatic rings. The van der Waals surface area contributed by atoms with Crippen LogP contribution in [0.25, 0.3) is 0 Å². The maximum absolute atomic E-state index is 12.4. The van der Waals surface area contributed by atoms with Crippen molar-refractivity contribution in [1.82, 2.24) is 10.2 Å². The number of rotatable bonds is 4. The third-order valence-corrected chi connectivity index (χ3v) is 4.95. The summed E-state index contributed by atoms with van der Waals surface area (Å²) >= 11 is 0. The Morgan fingerprint density at radius 1 is 1.00 bits per heavy atom. The molecular weight excluding hydrogens is 284 g/mol. The summed E-state index contributed by atoms with van der Waals surface area (Å²) in [6, 6.07) is 20.1. The highest BCUT2D eigenvalue weighted by atomic mass is 16.1. The lowest BCUT2D eigenvalue weighted by Crippen LogP contribution is -2.48. The van der Waals surface area contributed by atoms with E-state index >= 15 is 0 Å². The minimum absolute atomic E-state index is 0.0137. The number of carbonyl (C=O) groups excluding carboxylic acids is 1. The number of benzene rings is 2. The molecule has 1 heterocycles. The van der Waals surface area contributed by atoms with E-state index in [0.717, 1.165) is 31.5 Å². The lowest BCUT2D eigenvalue weighted by Gasteiger charge is -2.41. The van der Waals surface area contributed by atoms with Crippen LogP contribution in [0.4, 0.5) is 0 Å². The number of amides is 1. The van der Waals surface area contributed by atoms with Crippen LogP contribution in [-0.4, -0.2) is 37.5 Å². The fraction of sp³-hybridized carbons (Fsp3) is 0.350. The Labute approximate surface area is 138 Å². The zero-order valence-electron chi connectivity index (χ0n) is 13.7. The number of nitrogens with zero attached hydrogens (tertiary/aromatic N) is 1. The van der Waals surface area contributed by atoms with Crippen molar-refractivity contribution < 1.29 is 4.79 Å². The topological polar surface area (TPSA) is 32.3 Å². The summed E-state index contributed by atoms with van der Waals surface area (Å²) in [4.78, 5) is 14.8. The number of hydrogen-bond acceptors (Lipinski definition) is 2. The Kier molecular flexibility index (Phi) is 4.77. The van der Waals surface area contributed by atoms with Gasteiger partial charge in [-0.05, 0) is 50.7 Å². The largest absolute Gasteiger partial charge is 0.351 e. The Morgan fingerprint density at radius 3 is 2.17 bits per heavy atom. The van der Waals surface area contributed by atoms with Gasteiger partial charge in [0, 0.05) is 17.5 Å². The summed E-state index contributed by atoms with van der Waals surface area (Å²) in [5.41, 5.74) is 2.10. The van der Waals surface area contributed by atoms with Crippen LogP contribution in [0.1, 0.15) is 28.8 Å². The molecule has 1 amide bonds. The van der Waals surface area contributed by atoms with Crippen molar-refractivity contribution in [2.45, 2.75) is 18.3 Å². The van der Waals surface area contributed by atoms with Crippen LogP contribution >= 0.6 is 0 Å². The second-order valence-electron chi connectivity index (χ2n) is 6.50. The summed E-state index contributed by atoms with van der Waals surface area (Å²) in [5, 5.41) is 3.17. The molecule has 0 aliphatic carbocycles. The van der Waals surface area contributed by atoms with Gasteiger partial charge in [-0.1, -0.05) is 48.5 Å². The molecule has 3 nitrogen and oxygen atoms in total. The Morgan fingerprint density at radius 2 is 1.57 bits per heavy atom. The van der Waals surface area contributed by atoms with Crippen molar-refractivity contribution in [3.63, 3.8) is 0 Å². The van der Waals surface area contributed by atoms with Gasteiger partial charge in [0.2, 0.25) is 0 Å². The van der Waals surface area contributed by atoms with Crippen molar-refractivity contribution in [3.8, 4) is 0 Å². The molecular formula is C20H24N2O. The highest BCUT2D eigenvalue weighted by Crippen LogP contribution is 2.34. The molecule has 1 N–H and O–H groups in total. The smallest absolute Gasteiger partial charge is 0.251 e. The maximum Gasteiger partial charge on any atom is 0.251 e. The third-order valence-electron chi connectivity index (χ3n) is 4.95. The predicted octanol–water partition coefficient (Wildman–Crippen LogP) is 3.08. The minimum Gasteiger partial charge on any atom is -0.351 e. The molecule has 0 spiro atoms. The van der Waals surface area contributed by atoms with Gasteiger partial charge in [-0.3, -0.25) is 4.79 Å². The first-order chi connectivity index (χ1) is 11.2. The summed E-state index contributed by atoms with van der Waals surface area (Å²) in [5.74, 6) is 0.0137. The maximum atomic E-state index is 12.4. The van der Waals surface area contributed by atoms with E-state index in [-0.39, 0.29) is 11.3 Å². The van der Waals surface area contributed by atoms with Gasteiger partial charge in [-0.25, -0.2) is 0 Å². The highest BCUT2D eigenvalue weighted by Gasteiger charge is 2.35. The van der Waals surface area contributed by atoms with E-state index in [1.807, 2.05) is 30.3 Å². The van der Waals surface area contributed by atoms with Crippen molar-refractivity contribution >= 4 is 5.91 Å². The van der Waals surface area contributed by atoms with E-state index in [9.17, 15) is 4.79 Å². The van der Waals surface area contributed by atoms with Crippen molar-refractivity contribution in [2.75, 3.05) is 26.7 Å². The van der Waals surface area contributed by atoms with Crippen LogP contribution in [0.2, 0.25) is 0 Å². The number of hydrogen-bond donors (Lipinski definition) is 1. The summed E-state index contributed by atoms with van der Waals surface area (Å²) < 4.78 is 0. The number of piperidine rings is 1. The second-order valence-corrected chi connectivity index (χ2v) is 6.50. The molecule has 1 saturated heterocycles. The molecule has 23 heavy (non-hydrogen) atoms. The Balaban J connectivity index is 1.76. The minimum atomic E-state index is 0.0137. The van der Waals surface area contributed by atoms with Gasteiger partial charge >= 0.3 is 0 Å². The first-order valence-corrected chi connectivity index (χ1v) is 8.27. The van der Waals surface area contributed by atoms with Gasteiger partial charge < -0.3 is 10.2 Å². The van der Waals surface area contributed by atoms with Gasteiger partial charge in [0.25, 0.3) is 5.91 Å². The molecule has 1 fully saturated rings. The monoisotopic (exact) mass is 308 g/mol. The summed E-state index contributed by atoms with van der Waals surface area (Å²) in [6.07, 6.45) is 2.14. The third kappa shape index (κ3) is 3.62. The van der Waals surface area contributed by atoms with Crippen LogP contribution in [-0.2, 0) is 5.41 Å². The molecule has 0 atom stereocenters. The van der Waals surface area contributed by atoms with Crippen LogP contribution in [0.3, 0.4) is 0 Å². The Bertz CT molecular complexity index is 631. The van der Waals surface area contributed by atoms with Crippen LogP contribution in [0.5, 0.6) is 0 Å². The van der Waals surface area contributed by atoms with Crippen molar-refractivity contribution in [3.05, 3.63) is 71.8 Å². The normalized spacial score (nSPS) is 17.6. The quantitative estimate of drug-likeness (QED) is 0.941. The van der Waals surface area contributed by atoms with E-state index in [4.69, 9.17) is 0 Å². The average Bonchev–Trinajstić information content (AvgIpc) is 2.63. The van der Waals surface area contributed by atoms with Crippen molar-refractivity contribution in [2.24, 2.45) is 0 Å².